The molecule has 5 heteroatoms. The molecule has 1 aliphatic carbocycles. The molecule has 0 aliphatic heterocycles. The number of thioether (sulfide) groups is 1. The molecule has 4 nitrogen and oxygen atoms in total. The predicted octanol–water partition coefficient (Wildman–Crippen LogP) is 4.00. The van der Waals surface area contributed by atoms with Gasteiger partial charge in [0.15, 0.2) is 0 Å². The first-order valence-corrected chi connectivity index (χ1v) is 8.66. The van der Waals surface area contributed by atoms with Crippen molar-refractivity contribution >= 4 is 11.8 Å². The van der Waals surface area contributed by atoms with Gasteiger partial charge in [-0.1, -0.05) is 54.4 Å². The van der Waals surface area contributed by atoms with E-state index in [1.54, 1.807) is 0 Å². The van der Waals surface area contributed by atoms with E-state index in [1.807, 2.05) is 0 Å². The van der Waals surface area contributed by atoms with Crippen LogP contribution in [0.4, 0.5) is 0 Å². The highest BCUT2D eigenvalue weighted by molar-refractivity contribution is 8.00. The Balaban J connectivity index is 1.62. The first-order chi connectivity index (χ1) is 10.7. The number of rotatable bonds is 5. The van der Waals surface area contributed by atoms with Crippen LogP contribution in [0.1, 0.15) is 48.6 Å². The smallest absolute Gasteiger partial charge is 0.209 e. The van der Waals surface area contributed by atoms with E-state index >= 15 is 0 Å². The number of H-pyrrole nitrogens is 1. The average molecular weight is 312 g/mol. The second-order valence-corrected chi connectivity index (χ2v) is 7.08. The minimum Gasteiger partial charge on any atom is -0.262 e. The minimum absolute atomic E-state index is 0.157. The maximum absolute atomic E-state index is 9.38. The fourth-order valence-electron chi connectivity index (χ4n) is 2.87. The minimum atomic E-state index is -0.157. The summed E-state index contributed by atoms with van der Waals surface area (Å²) in [7, 11) is 0. The zero-order chi connectivity index (χ0) is 15.4. The van der Waals surface area contributed by atoms with E-state index in [0.717, 1.165) is 12.2 Å². The van der Waals surface area contributed by atoms with Gasteiger partial charge in [0.1, 0.15) is 11.1 Å². The molecule has 0 radical (unpaired) electrons. The van der Waals surface area contributed by atoms with Crippen LogP contribution in [0.3, 0.4) is 0 Å². The van der Waals surface area contributed by atoms with Gasteiger partial charge in [-0.25, -0.2) is 4.98 Å². The van der Waals surface area contributed by atoms with Crippen molar-refractivity contribution < 1.29 is 0 Å². The molecule has 114 valence electrons. The number of nitriles is 1. The summed E-state index contributed by atoms with van der Waals surface area (Å²) >= 11 is 1.45. The largest absolute Gasteiger partial charge is 0.262 e. The zero-order valence-corrected chi connectivity index (χ0v) is 13.6. The van der Waals surface area contributed by atoms with E-state index in [-0.39, 0.29) is 5.25 Å². The Morgan fingerprint density at radius 2 is 2.05 bits per heavy atom. The summed E-state index contributed by atoms with van der Waals surface area (Å²) in [6.45, 7) is 2.07. The molecule has 1 atom stereocenters. The molecule has 0 bridgehead atoms. The molecule has 1 unspecified atom stereocenters. The maximum atomic E-state index is 9.38. The van der Waals surface area contributed by atoms with Gasteiger partial charge >= 0.3 is 0 Å². The van der Waals surface area contributed by atoms with Crippen LogP contribution in [-0.4, -0.2) is 20.4 Å². The van der Waals surface area contributed by atoms with Gasteiger partial charge in [-0.05, 0) is 31.7 Å². The van der Waals surface area contributed by atoms with Crippen molar-refractivity contribution in [2.24, 2.45) is 0 Å². The van der Waals surface area contributed by atoms with E-state index in [2.05, 4.69) is 52.4 Å². The van der Waals surface area contributed by atoms with Crippen molar-refractivity contribution in [3.05, 3.63) is 41.2 Å². The standard InChI is InChI=1S/C17H20N4S/c1-12-6-8-13(9-7-12)10-15(11-18)22-17-19-16(20-21-17)14-4-2-3-5-14/h6-9,14-15H,2-5,10H2,1H3,(H,19,20,21). The van der Waals surface area contributed by atoms with E-state index in [1.165, 1.54) is 48.6 Å². The summed E-state index contributed by atoms with van der Waals surface area (Å²) in [4.78, 5) is 4.58. The second-order valence-electron chi connectivity index (χ2n) is 5.91. The molecular formula is C17H20N4S. The highest BCUT2D eigenvalue weighted by Crippen LogP contribution is 2.33. The number of hydrogen-bond acceptors (Lipinski definition) is 4. The summed E-state index contributed by atoms with van der Waals surface area (Å²) in [5, 5.41) is 17.3. The lowest BCUT2D eigenvalue weighted by molar-refractivity contribution is 0.671. The van der Waals surface area contributed by atoms with Gasteiger partial charge in [-0.3, -0.25) is 5.10 Å². The summed E-state index contributed by atoms with van der Waals surface area (Å²) < 4.78 is 0. The van der Waals surface area contributed by atoms with Crippen LogP contribution in [0.25, 0.3) is 0 Å². The zero-order valence-electron chi connectivity index (χ0n) is 12.7. The monoisotopic (exact) mass is 312 g/mol. The quantitative estimate of drug-likeness (QED) is 0.848. The molecule has 0 saturated heterocycles. The third kappa shape index (κ3) is 3.69. The van der Waals surface area contributed by atoms with Crippen LogP contribution < -0.4 is 0 Å². The molecule has 1 fully saturated rings. The molecule has 1 aromatic carbocycles. The number of nitrogens with one attached hydrogen (secondary N) is 1. The van der Waals surface area contributed by atoms with Crippen molar-refractivity contribution in [3.8, 4) is 6.07 Å². The fourth-order valence-corrected chi connectivity index (χ4v) is 3.70. The molecule has 0 spiro atoms. The number of aryl methyl sites for hydroxylation is 1. The Bertz CT molecular complexity index is 650. The summed E-state index contributed by atoms with van der Waals surface area (Å²) in [6, 6.07) is 10.7. The molecule has 0 amide bonds. The molecule has 2 aromatic rings. The Kier molecular flexibility index (Phi) is 4.79. The van der Waals surface area contributed by atoms with Crippen molar-refractivity contribution in [3.63, 3.8) is 0 Å². The highest BCUT2D eigenvalue weighted by Gasteiger charge is 2.21. The fraction of sp³-hybridized carbons (Fsp3) is 0.471. The van der Waals surface area contributed by atoms with Gasteiger partial charge in [-0.15, -0.1) is 5.10 Å². The van der Waals surface area contributed by atoms with Crippen LogP contribution in [0.2, 0.25) is 0 Å². The number of aromatic nitrogens is 3. The molecule has 22 heavy (non-hydrogen) atoms. The van der Waals surface area contributed by atoms with E-state index in [9.17, 15) is 5.26 Å². The Labute approximate surface area is 135 Å². The Morgan fingerprint density at radius 1 is 1.32 bits per heavy atom. The van der Waals surface area contributed by atoms with Crippen LogP contribution in [0.15, 0.2) is 29.4 Å². The average Bonchev–Trinajstić information content (AvgIpc) is 3.19. The lowest BCUT2D eigenvalue weighted by Crippen LogP contribution is -2.04. The molecule has 3 rings (SSSR count). The van der Waals surface area contributed by atoms with Gasteiger partial charge in [0.2, 0.25) is 5.16 Å². The van der Waals surface area contributed by atoms with Crippen LogP contribution in [-0.2, 0) is 6.42 Å². The number of nitrogens with zero attached hydrogens (tertiary/aromatic N) is 3. The molecule has 1 aliphatic rings. The second kappa shape index (κ2) is 6.97. The Morgan fingerprint density at radius 3 is 2.73 bits per heavy atom. The van der Waals surface area contributed by atoms with Crippen molar-refractivity contribution in [1.29, 1.82) is 5.26 Å². The van der Waals surface area contributed by atoms with Crippen molar-refractivity contribution in [1.82, 2.24) is 15.2 Å². The molecule has 1 heterocycles. The summed E-state index contributed by atoms with van der Waals surface area (Å²) in [5.74, 6) is 1.52. The highest BCUT2D eigenvalue weighted by atomic mass is 32.2. The van der Waals surface area contributed by atoms with Crippen LogP contribution >= 0.6 is 11.8 Å². The van der Waals surface area contributed by atoms with E-state index < -0.39 is 0 Å². The van der Waals surface area contributed by atoms with Gasteiger partial charge in [-0.2, -0.15) is 5.26 Å². The summed E-state index contributed by atoms with van der Waals surface area (Å²) in [6.07, 6.45) is 5.67. The van der Waals surface area contributed by atoms with Crippen LogP contribution in [0, 0.1) is 18.3 Å². The molecule has 1 aromatic heterocycles. The SMILES string of the molecule is Cc1ccc(CC(C#N)Sc2n[nH]c(C3CCCC3)n2)cc1. The topological polar surface area (TPSA) is 65.4 Å². The van der Waals surface area contributed by atoms with Crippen molar-refractivity contribution in [2.45, 2.75) is 55.4 Å². The number of hydrogen-bond donors (Lipinski definition) is 1. The normalized spacial score (nSPS) is 16.5. The first kappa shape index (κ1) is 15.1. The lowest BCUT2D eigenvalue weighted by atomic mass is 10.1. The molecule has 1 saturated carbocycles. The third-order valence-electron chi connectivity index (χ3n) is 4.16. The van der Waals surface area contributed by atoms with E-state index in [0.29, 0.717) is 11.1 Å². The number of aromatic amines is 1. The Hall–Kier alpha value is -1.80. The van der Waals surface area contributed by atoms with Gasteiger partial charge in [0.05, 0.1) is 6.07 Å². The molecule has 1 N–H and O–H groups in total. The van der Waals surface area contributed by atoms with Crippen molar-refractivity contribution in [2.75, 3.05) is 0 Å². The first-order valence-electron chi connectivity index (χ1n) is 7.78. The van der Waals surface area contributed by atoms with E-state index in [4.69, 9.17) is 0 Å². The third-order valence-corrected chi connectivity index (χ3v) is 5.11. The molecular weight excluding hydrogens is 292 g/mol. The maximum Gasteiger partial charge on any atom is 0.209 e. The predicted molar refractivity (Wildman–Crippen MR) is 87.7 cm³/mol. The summed E-state index contributed by atoms with van der Waals surface area (Å²) in [5.41, 5.74) is 2.41. The van der Waals surface area contributed by atoms with Gasteiger partial charge in [0.25, 0.3) is 0 Å². The van der Waals surface area contributed by atoms with Gasteiger partial charge in [0, 0.05) is 5.92 Å². The van der Waals surface area contributed by atoms with Crippen LogP contribution in [0.5, 0.6) is 0 Å². The lowest BCUT2D eigenvalue weighted by Gasteiger charge is -2.06. The number of benzene rings is 1. The van der Waals surface area contributed by atoms with Gasteiger partial charge < -0.3 is 0 Å².